The summed E-state index contributed by atoms with van der Waals surface area (Å²) in [5, 5.41) is 80.0. The van der Waals surface area contributed by atoms with Crippen molar-refractivity contribution in [3.63, 3.8) is 0 Å². The predicted octanol–water partition coefficient (Wildman–Crippen LogP) is -5.91. The first kappa shape index (κ1) is 31.1. The SMILES string of the molecule is Nc1ccn([C@H]2C[C@H](O)[C@@H](COCO[C@H]3[C@H](O)[C@@H](O)[C@H](O)O[C@@H]3CO[C@@H]3O[C@H](CO)[C@@H](O)[C@H](O)[C@H]3O)O2)c(=O)n1. The number of hydrogen-bond donors (Lipinski definition) is 9. The maximum atomic E-state index is 12.0. The maximum Gasteiger partial charge on any atom is 0.351 e. The third kappa shape index (κ3) is 6.77. The number of hydrogen-bond acceptors (Lipinski definition) is 17. The van der Waals surface area contributed by atoms with Crippen LogP contribution < -0.4 is 11.4 Å². The van der Waals surface area contributed by atoms with Crippen LogP contribution in [0.25, 0.3) is 0 Å². The van der Waals surface area contributed by atoms with Crippen LogP contribution in [-0.2, 0) is 28.4 Å². The molecule has 228 valence electrons. The lowest BCUT2D eigenvalue weighted by molar-refractivity contribution is -0.333. The van der Waals surface area contributed by atoms with Crippen LogP contribution >= 0.6 is 0 Å². The largest absolute Gasteiger partial charge is 0.394 e. The highest BCUT2D eigenvalue weighted by atomic mass is 16.7. The maximum absolute atomic E-state index is 12.0. The molecule has 0 unspecified atom stereocenters. The van der Waals surface area contributed by atoms with E-state index < -0.39 is 106 Å². The van der Waals surface area contributed by atoms with Gasteiger partial charge in [-0.2, -0.15) is 4.98 Å². The van der Waals surface area contributed by atoms with Crippen molar-refractivity contribution in [3.05, 3.63) is 22.7 Å². The van der Waals surface area contributed by atoms with Crippen molar-refractivity contribution >= 4 is 5.82 Å². The molecule has 1 aromatic heterocycles. The summed E-state index contributed by atoms with van der Waals surface area (Å²) < 4.78 is 33.7. The topological polar surface area (TPSA) is 278 Å². The average Bonchev–Trinajstić information content (AvgIpc) is 3.28. The Morgan fingerprint density at radius 3 is 2.35 bits per heavy atom. The number of rotatable bonds is 10. The minimum Gasteiger partial charge on any atom is -0.394 e. The molecule has 0 bridgehead atoms. The molecule has 0 saturated carbocycles. The van der Waals surface area contributed by atoms with Gasteiger partial charge in [-0.25, -0.2) is 4.79 Å². The van der Waals surface area contributed by atoms with Gasteiger partial charge < -0.3 is 75.0 Å². The van der Waals surface area contributed by atoms with Crippen molar-refractivity contribution in [3.8, 4) is 0 Å². The lowest BCUT2D eigenvalue weighted by Crippen LogP contribution is -2.62. The second-order valence-corrected chi connectivity index (χ2v) is 9.67. The zero-order valence-electron chi connectivity index (χ0n) is 21.1. The number of aromatic nitrogens is 2. The average molecular weight is 582 g/mol. The van der Waals surface area contributed by atoms with E-state index in [-0.39, 0.29) is 18.8 Å². The number of anilines is 1. The normalized spacial score (nSPS) is 42.2. The molecule has 3 aliphatic heterocycles. The number of nitrogens with two attached hydrogens (primary N) is 1. The van der Waals surface area contributed by atoms with Gasteiger partial charge in [0.25, 0.3) is 0 Å². The van der Waals surface area contributed by atoms with Gasteiger partial charge in [-0.15, -0.1) is 0 Å². The third-order valence-corrected chi connectivity index (χ3v) is 6.92. The summed E-state index contributed by atoms with van der Waals surface area (Å²) in [6.07, 6.45) is -16.7. The summed E-state index contributed by atoms with van der Waals surface area (Å²) in [5.41, 5.74) is 4.84. The van der Waals surface area contributed by atoms with Crippen LogP contribution in [0.15, 0.2) is 17.1 Å². The van der Waals surface area contributed by atoms with Crippen molar-refractivity contribution in [2.45, 2.75) is 86.3 Å². The van der Waals surface area contributed by atoms with Gasteiger partial charge >= 0.3 is 5.69 Å². The summed E-state index contributed by atoms with van der Waals surface area (Å²) >= 11 is 0. The molecule has 40 heavy (non-hydrogen) atoms. The molecule has 3 saturated heterocycles. The lowest BCUT2D eigenvalue weighted by Gasteiger charge is -2.42. The van der Waals surface area contributed by atoms with E-state index >= 15 is 0 Å². The number of aliphatic hydroxyl groups is 8. The zero-order valence-corrected chi connectivity index (χ0v) is 21.1. The second-order valence-electron chi connectivity index (χ2n) is 9.67. The minimum absolute atomic E-state index is 0.0419. The Balaban J connectivity index is 1.30. The number of nitrogen functional groups attached to an aromatic ring is 1. The van der Waals surface area contributed by atoms with E-state index in [0.29, 0.717) is 0 Å². The van der Waals surface area contributed by atoms with Crippen LogP contribution in [0.2, 0.25) is 0 Å². The van der Waals surface area contributed by atoms with Crippen molar-refractivity contribution in [2.24, 2.45) is 0 Å². The number of aliphatic hydroxyl groups excluding tert-OH is 8. The van der Waals surface area contributed by atoms with Crippen molar-refractivity contribution in [1.82, 2.24) is 9.55 Å². The first-order chi connectivity index (χ1) is 19.0. The van der Waals surface area contributed by atoms with Gasteiger partial charge in [0.05, 0.1) is 25.9 Å². The molecule has 18 heteroatoms. The zero-order chi connectivity index (χ0) is 29.1. The van der Waals surface area contributed by atoms with Crippen LogP contribution in [0, 0.1) is 0 Å². The Kier molecular flexibility index (Phi) is 10.4. The number of ether oxygens (including phenoxy) is 6. The van der Waals surface area contributed by atoms with E-state index in [0.717, 1.165) is 0 Å². The molecule has 0 radical (unpaired) electrons. The fraction of sp³-hybridized carbons (Fsp3) is 0.818. The van der Waals surface area contributed by atoms with Gasteiger partial charge in [0.2, 0.25) is 0 Å². The van der Waals surface area contributed by atoms with E-state index in [1.54, 1.807) is 0 Å². The highest BCUT2D eigenvalue weighted by molar-refractivity contribution is 5.23. The summed E-state index contributed by atoms with van der Waals surface area (Å²) in [7, 11) is 0. The molecule has 3 aliphatic rings. The van der Waals surface area contributed by atoms with Gasteiger partial charge in [-0.05, 0) is 6.07 Å². The summed E-state index contributed by atoms with van der Waals surface area (Å²) in [5.74, 6) is 0.0419. The smallest absolute Gasteiger partial charge is 0.351 e. The van der Waals surface area contributed by atoms with Gasteiger partial charge in [0.1, 0.15) is 73.8 Å². The Hall–Kier alpha value is -1.88. The van der Waals surface area contributed by atoms with E-state index in [1.807, 2.05) is 0 Å². The molecule has 0 amide bonds. The highest BCUT2D eigenvalue weighted by Crippen LogP contribution is 2.29. The van der Waals surface area contributed by atoms with Crippen LogP contribution in [0.3, 0.4) is 0 Å². The van der Waals surface area contributed by atoms with Crippen molar-refractivity contribution < 1.29 is 69.3 Å². The van der Waals surface area contributed by atoms with Crippen molar-refractivity contribution in [2.75, 3.05) is 32.3 Å². The monoisotopic (exact) mass is 581 g/mol. The Morgan fingerprint density at radius 2 is 1.65 bits per heavy atom. The highest BCUT2D eigenvalue weighted by Gasteiger charge is 2.48. The van der Waals surface area contributed by atoms with Gasteiger partial charge in [-0.3, -0.25) is 4.57 Å². The van der Waals surface area contributed by atoms with Crippen molar-refractivity contribution in [1.29, 1.82) is 0 Å². The molecule has 0 aromatic carbocycles. The Morgan fingerprint density at radius 1 is 0.900 bits per heavy atom. The van der Waals surface area contributed by atoms with Gasteiger partial charge in [0, 0.05) is 12.6 Å². The lowest BCUT2D eigenvalue weighted by atomic mass is 9.98. The van der Waals surface area contributed by atoms with Gasteiger partial charge in [0.15, 0.2) is 12.6 Å². The first-order valence-electron chi connectivity index (χ1n) is 12.5. The molecule has 10 N–H and O–H groups in total. The Labute approximate surface area is 226 Å². The fourth-order valence-electron chi connectivity index (χ4n) is 4.63. The van der Waals surface area contributed by atoms with E-state index in [4.69, 9.17) is 34.2 Å². The molecule has 13 atom stereocenters. The van der Waals surface area contributed by atoms with Crippen LogP contribution in [0.4, 0.5) is 5.82 Å². The van der Waals surface area contributed by atoms with Gasteiger partial charge in [-0.1, -0.05) is 0 Å². The predicted molar refractivity (Wildman–Crippen MR) is 126 cm³/mol. The molecular formula is C22H35N3O15. The molecule has 1 aromatic rings. The molecule has 3 fully saturated rings. The number of nitrogens with zero attached hydrogens (tertiary/aromatic N) is 2. The molecular weight excluding hydrogens is 546 g/mol. The Bertz CT molecular complexity index is 1020. The quantitative estimate of drug-likeness (QED) is 0.0918. The molecule has 0 aliphatic carbocycles. The minimum atomic E-state index is -1.82. The summed E-state index contributed by atoms with van der Waals surface area (Å²) in [6, 6.07) is 1.41. The van der Waals surface area contributed by atoms with E-state index in [2.05, 4.69) is 4.98 Å². The summed E-state index contributed by atoms with van der Waals surface area (Å²) in [4.78, 5) is 15.7. The van der Waals surface area contributed by atoms with Crippen LogP contribution in [-0.4, -0.2) is 151 Å². The first-order valence-corrected chi connectivity index (χ1v) is 12.5. The third-order valence-electron chi connectivity index (χ3n) is 6.92. The van der Waals surface area contributed by atoms with E-state index in [9.17, 15) is 45.6 Å². The van der Waals surface area contributed by atoms with Crippen LogP contribution in [0.5, 0.6) is 0 Å². The second kappa shape index (κ2) is 13.4. The summed E-state index contributed by atoms with van der Waals surface area (Å²) in [6.45, 7) is -1.85. The van der Waals surface area contributed by atoms with E-state index in [1.165, 1.54) is 16.8 Å². The standard InChI is InChI=1S/C22H35N3O15/c23-12-1-2-25(22(34)24-12)13-3-8(27)10(38-13)5-35-7-37-19-11(39-20(33)17(31)16(19)30)6-36-21-18(32)15(29)14(28)9(4-26)40-21/h1-2,8-11,13-21,26-33H,3-7H2,(H2,23,24,34)/t8-,9+,10+,11+,13+,14+,15-,16+,17+,18+,19+,20+,21+/m0/s1. The fourth-order valence-corrected chi connectivity index (χ4v) is 4.63. The molecule has 0 spiro atoms. The van der Waals surface area contributed by atoms with Crippen LogP contribution in [0.1, 0.15) is 12.6 Å². The molecule has 4 heterocycles. The molecule has 18 nitrogen and oxygen atoms in total. The molecule has 4 rings (SSSR count).